The molecule has 1 aliphatic carbocycles. The fourth-order valence-electron chi connectivity index (χ4n) is 2.04. The van der Waals surface area contributed by atoms with Crippen LogP contribution in [0.2, 0.25) is 0 Å². The Morgan fingerprint density at radius 2 is 1.78 bits per heavy atom. The highest BCUT2D eigenvalue weighted by Gasteiger charge is 2.26. The van der Waals surface area contributed by atoms with E-state index in [4.69, 9.17) is 0 Å². The van der Waals surface area contributed by atoms with Gasteiger partial charge in [-0.05, 0) is 19.3 Å². The van der Waals surface area contributed by atoms with E-state index in [0.29, 0.717) is 32.1 Å². The molecule has 1 saturated carbocycles. The van der Waals surface area contributed by atoms with Crippen molar-refractivity contribution in [2.24, 2.45) is 0 Å². The summed E-state index contributed by atoms with van der Waals surface area (Å²) < 4.78 is 0. The molecule has 0 aliphatic heterocycles. The molecular weight excluding hydrogens is 228 g/mol. The molecule has 100 valence electrons. The van der Waals surface area contributed by atoms with E-state index in [-0.39, 0.29) is 22.9 Å². The van der Waals surface area contributed by atoms with E-state index < -0.39 is 0 Å². The van der Waals surface area contributed by atoms with Crippen molar-refractivity contribution in [3.63, 3.8) is 0 Å². The molecule has 1 aliphatic rings. The van der Waals surface area contributed by atoms with Gasteiger partial charge in [0.25, 0.3) is 0 Å². The fraction of sp³-hybridized carbons (Fsp3) is 0.600. The van der Waals surface area contributed by atoms with Crippen LogP contribution in [0.15, 0.2) is 23.5 Å². The van der Waals surface area contributed by atoms with Gasteiger partial charge in [0.05, 0.1) is 5.57 Å². The standard InChI is InChI=1S/C15H22O3/c1-2-3-4-5-6-7-9-12(16)15-13(17)10-8-11-14(15)18/h5-6,16H,2-4,7-11H2,1H3/b6-5+. The summed E-state index contributed by atoms with van der Waals surface area (Å²) in [6.45, 7) is 2.14. The van der Waals surface area contributed by atoms with Crippen LogP contribution >= 0.6 is 0 Å². The van der Waals surface area contributed by atoms with E-state index in [2.05, 4.69) is 13.0 Å². The minimum Gasteiger partial charge on any atom is -0.511 e. The van der Waals surface area contributed by atoms with E-state index in [0.717, 1.165) is 6.42 Å². The van der Waals surface area contributed by atoms with Crippen LogP contribution in [0.3, 0.4) is 0 Å². The molecule has 1 fully saturated rings. The highest BCUT2D eigenvalue weighted by atomic mass is 16.3. The molecule has 1 rings (SSSR count). The average molecular weight is 250 g/mol. The molecule has 0 amide bonds. The molecule has 18 heavy (non-hydrogen) atoms. The molecule has 0 unspecified atom stereocenters. The monoisotopic (exact) mass is 250 g/mol. The van der Waals surface area contributed by atoms with E-state index in [9.17, 15) is 14.7 Å². The predicted molar refractivity (Wildman–Crippen MR) is 71.4 cm³/mol. The van der Waals surface area contributed by atoms with Crippen LogP contribution in [-0.2, 0) is 9.59 Å². The molecule has 0 heterocycles. The van der Waals surface area contributed by atoms with Crippen LogP contribution in [-0.4, -0.2) is 16.7 Å². The van der Waals surface area contributed by atoms with Crippen molar-refractivity contribution < 1.29 is 14.7 Å². The minimum absolute atomic E-state index is 0.0233. The van der Waals surface area contributed by atoms with Crippen LogP contribution in [0.1, 0.15) is 58.3 Å². The Morgan fingerprint density at radius 1 is 1.17 bits per heavy atom. The first-order chi connectivity index (χ1) is 8.66. The quantitative estimate of drug-likeness (QED) is 0.257. The number of aliphatic hydroxyl groups is 1. The summed E-state index contributed by atoms with van der Waals surface area (Å²) in [6, 6.07) is 0. The summed E-state index contributed by atoms with van der Waals surface area (Å²) in [5.41, 5.74) is 0.0585. The van der Waals surface area contributed by atoms with Crippen molar-refractivity contribution in [2.45, 2.75) is 58.3 Å². The largest absolute Gasteiger partial charge is 0.511 e. The molecular formula is C15H22O3. The van der Waals surface area contributed by atoms with Gasteiger partial charge in [0, 0.05) is 19.3 Å². The lowest BCUT2D eigenvalue weighted by Gasteiger charge is -2.13. The SMILES string of the molecule is CCCC/C=C/CCC(O)=C1C(=O)CCCC1=O. The number of rotatable bonds is 6. The Hall–Kier alpha value is -1.38. The Morgan fingerprint density at radius 3 is 2.39 bits per heavy atom. The maximum absolute atomic E-state index is 11.6. The van der Waals surface area contributed by atoms with Crippen molar-refractivity contribution in [1.82, 2.24) is 0 Å². The van der Waals surface area contributed by atoms with Gasteiger partial charge in [-0.2, -0.15) is 0 Å². The van der Waals surface area contributed by atoms with Crippen LogP contribution in [0, 0.1) is 0 Å². The van der Waals surface area contributed by atoms with Crippen LogP contribution in [0.5, 0.6) is 0 Å². The van der Waals surface area contributed by atoms with Gasteiger partial charge in [-0.1, -0.05) is 31.9 Å². The van der Waals surface area contributed by atoms with Crippen molar-refractivity contribution in [1.29, 1.82) is 0 Å². The molecule has 3 heteroatoms. The molecule has 0 bridgehead atoms. The molecule has 0 aromatic rings. The zero-order valence-corrected chi connectivity index (χ0v) is 11.1. The molecule has 3 nitrogen and oxygen atoms in total. The van der Waals surface area contributed by atoms with E-state index in [1.807, 2.05) is 6.08 Å². The van der Waals surface area contributed by atoms with Crippen LogP contribution < -0.4 is 0 Å². The molecule has 0 spiro atoms. The lowest BCUT2D eigenvalue weighted by molar-refractivity contribution is -0.124. The Labute approximate surface area is 109 Å². The third-order valence-electron chi connectivity index (χ3n) is 3.09. The van der Waals surface area contributed by atoms with Crippen molar-refractivity contribution in [2.75, 3.05) is 0 Å². The normalized spacial score (nSPS) is 16.6. The number of carbonyl (C=O) groups excluding carboxylic acids is 2. The maximum atomic E-state index is 11.6. The Bertz CT molecular complexity index is 346. The smallest absolute Gasteiger partial charge is 0.169 e. The number of hydrogen-bond donors (Lipinski definition) is 1. The van der Waals surface area contributed by atoms with E-state index >= 15 is 0 Å². The summed E-state index contributed by atoms with van der Waals surface area (Å²) in [4.78, 5) is 23.1. The van der Waals surface area contributed by atoms with Gasteiger partial charge >= 0.3 is 0 Å². The summed E-state index contributed by atoms with van der Waals surface area (Å²) in [5, 5.41) is 9.82. The maximum Gasteiger partial charge on any atom is 0.169 e. The number of aliphatic hydroxyl groups excluding tert-OH is 1. The average Bonchev–Trinajstić information content (AvgIpc) is 2.33. The lowest BCUT2D eigenvalue weighted by atomic mass is 9.90. The van der Waals surface area contributed by atoms with Gasteiger partial charge in [-0.15, -0.1) is 0 Å². The third kappa shape index (κ3) is 4.47. The number of hydrogen-bond acceptors (Lipinski definition) is 3. The summed E-state index contributed by atoms with van der Waals surface area (Å²) in [6.07, 6.45) is 9.93. The van der Waals surface area contributed by atoms with Crippen molar-refractivity contribution >= 4 is 11.6 Å². The summed E-state index contributed by atoms with van der Waals surface area (Å²) in [7, 11) is 0. The second-order valence-electron chi connectivity index (χ2n) is 4.67. The highest BCUT2D eigenvalue weighted by Crippen LogP contribution is 2.21. The fourth-order valence-corrected chi connectivity index (χ4v) is 2.04. The van der Waals surface area contributed by atoms with Crippen molar-refractivity contribution in [3.05, 3.63) is 23.5 Å². The molecule has 0 radical (unpaired) electrons. The highest BCUT2D eigenvalue weighted by molar-refractivity contribution is 6.21. The summed E-state index contributed by atoms with van der Waals surface area (Å²) in [5.74, 6) is -0.415. The van der Waals surface area contributed by atoms with E-state index in [1.165, 1.54) is 12.8 Å². The van der Waals surface area contributed by atoms with Crippen LogP contribution in [0.25, 0.3) is 0 Å². The molecule has 1 N–H and O–H groups in total. The van der Waals surface area contributed by atoms with Crippen molar-refractivity contribution in [3.8, 4) is 0 Å². The molecule has 0 aromatic carbocycles. The number of Topliss-reactive ketones (excluding diaryl/α,β-unsaturated/α-hetero) is 2. The number of ketones is 2. The molecule has 0 saturated heterocycles. The third-order valence-corrected chi connectivity index (χ3v) is 3.09. The van der Waals surface area contributed by atoms with Gasteiger partial charge in [0.1, 0.15) is 5.76 Å². The topological polar surface area (TPSA) is 54.4 Å². The Kier molecular flexibility index (Phi) is 6.40. The number of unbranched alkanes of at least 4 members (excludes halogenated alkanes) is 2. The first-order valence-electron chi connectivity index (χ1n) is 6.80. The second-order valence-corrected chi connectivity index (χ2v) is 4.67. The first kappa shape index (κ1) is 14.7. The Balaban J connectivity index is 2.47. The van der Waals surface area contributed by atoms with Gasteiger partial charge in [0.2, 0.25) is 0 Å². The predicted octanol–water partition coefficient (Wildman–Crippen LogP) is 3.65. The first-order valence-corrected chi connectivity index (χ1v) is 6.80. The number of allylic oxidation sites excluding steroid dienone is 4. The van der Waals surface area contributed by atoms with Gasteiger partial charge in [0.15, 0.2) is 11.6 Å². The zero-order valence-electron chi connectivity index (χ0n) is 11.1. The lowest BCUT2D eigenvalue weighted by Crippen LogP contribution is -2.20. The minimum atomic E-state index is -0.196. The molecule has 0 aromatic heterocycles. The molecule has 0 atom stereocenters. The second kappa shape index (κ2) is 7.85. The van der Waals surface area contributed by atoms with Gasteiger partial charge < -0.3 is 5.11 Å². The zero-order chi connectivity index (χ0) is 13.4. The summed E-state index contributed by atoms with van der Waals surface area (Å²) >= 11 is 0. The van der Waals surface area contributed by atoms with Gasteiger partial charge in [-0.3, -0.25) is 9.59 Å². The van der Waals surface area contributed by atoms with E-state index in [1.54, 1.807) is 0 Å². The van der Waals surface area contributed by atoms with Gasteiger partial charge in [-0.25, -0.2) is 0 Å². The van der Waals surface area contributed by atoms with Crippen LogP contribution in [0.4, 0.5) is 0 Å². The number of carbonyl (C=O) groups is 2.